The van der Waals surface area contributed by atoms with Gasteiger partial charge in [-0.05, 0) is 73.5 Å². The topological polar surface area (TPSA) is 47.6 Å². The third-order valence-corrected chi connectivity index (χ3v) is 5.92. The van der Waals surface area contributed by atoms with Crippen LogP contribution in [0.2, 0.25) is 0 Å². The fourth-order valence-electron chi connectivity index (χ4n) is 3.88. The fraction of sp³-hybridized carbons (Fsp3) is 0.381. The lowest BCUT2D eigenvalue weighted by atomic mass is 9.92. The average Bonchev–Trinajstić information content (AvgIpc) is 2.89. The molecule has 0 unspecified atom stereocenters. The number of hydrogen-bond acceptors (Lipinski definition) is 5. The molecule has 0 bridgehead atoms. The summed E-state index contributed by atoms with van der Waals surface area (Å²) in [6.45, 7) is 2.06. The Kier molecular flexibility index (Phi) is 5.58. The van der Waals surface area contributed by atoms with Crippen LogP contribution in [0.1, 0.15) is 29.2 Å². The number of thioether (sulfide) groups is 1. The Labute approximate surface area is 158 Å². The molecule has 4 nitrogen and oxygen atoms in total. The molecule has 0 fully saturated rings. The molecule has 1 atom stereocenters. The van der Waals surface area contributed by atoms with E-state index >= 15 is 0 Å². The average molecular weight is 372 g/mol. The molecule has 0 aromatic heterocycles. The van der Waals surface area contributed by atoms with Crippen molar-refractivity contribution < 1.29 is 9.47 Å². The quantitative estimate of drug-likeness (QED) is 0.824. The van der Waals surface area contributed by atoms with Crippen LogP contribution in [-0.4, -0.2) is 27.5 Å². The van der Waals surface area contributed by atoms with Crippen LogP contribution < -0.4 is 20.2 Å². The highest BCUT2D eigenvalue weighted by Crippen LogP contribution is 2.45. The molecule has 0 aliphatic heterocycles. The highest BCUT2D eigenvalue weighted by molar-refractivity contribution is 7.98. The number of aryl methyl sites for hydroxylation is 1. The van der Waals surface area contributed by atoms with E-state index in [2.05, 4.69) is 24.4 Å². The van der Waals surface area contributed by atoms with Gasteiger partial charge in [0.25, 0.3) is 0 Å². The molecular formula is C21H25NO3S. The third-order valence-electron chi connectivity index (χ3n) is 5.15. The van der Waals surface area contributed by atoms with Gasteiger partial charge in [0, 0.05) is 11.6 Å². The number of benzene rings is 1. The molecule has 1 N–H and O–H groups in total. The normalized spacial score (nSPS) is 15.7. The van der Waals surface area contributed by atoms with Crippen LogP contribution in [0.3, 0.4) is 0 Å². The molecule has 1 aliphatic rings. The zero-order valence-electron chi connectivity index (χ0n) is 15.9. The van der Waals surface area contributed by atoms with E-state index in [0.717, 1.165) is 51.5 Å². The first-order chi connectivity index (χ1) is 12.5. The first-order valence-corrected chi connectivity index (χ1v) is 9.92. The zero-order valence-corrected chi connectivity index (χ0v) is 16.8. The molecule has 0 amide bonds. The molecule has 1 aliphatic carbocycles. The lowest BCUT2D eigenvalue weighted by Crippen LogP contribution is -2.17. The van der Waals surface area contributed by atoms with Crippen LogP contribution in [0.4, 0.5) is 0 Å². The van der Waals surface area contributed by atoms with Crippen LogP contribution in [0.25, 0.3) is 11.1 Å². The molecule has 0 radical (unpaired) electrons. The number of methoxy groups -OCH3 is 2. The summed E-state index contributed by atoms with van der Waals surface area (Å²) < 4.78 is 11.2. The van der Waals surface area contributed by atoms with Crippen molar-refractivity contribution in [3.63, 3.8) is 0 Å². The molecule has 26 heavy (non-hydrogen) atoms. The van der Waals surface area contributed by atoms with Crippen molar-refractivity contribution in [1.29, 1.82) is 0 Å². The Morgan fingerprint density at radius 1 is 1.19 bits per heavy atom. The Morgan fingerprint density at radius 3 is 2.58 bits per heavy atom. The summed E-state index contributed by atoms with van der Waals surface area (Å²) in [6, 6.07) is 8.01. The van der Waals surface area contributed by atoms with Crippen molar-refractivity contribution in [2.45, 2.75) is 30.7 Å². The van der Waals surface area contributed by atoms with Gasteiger partial charge in [0.1, 0.15) is 0 Å². The number of nitrogens with one attached hydrogen (secondary N) is 1. The highest BCUT2D eigenvalue weighted by atomic mass is 32.2. The standard InChI is InChI=1S/C21H25NO3S/c1-12-20-13(10-18(24-3)21(12)25-4)6-8-16(22-2)15-11-17(23)19(26-5)9-7-14(15)20/h7,9-11,16,22H,6,8H2,1-5H3/t16-/m0/s1. The maximum atomic E-state index is 12.6. The molecular weight excluding hydrogens is 346 g/mol. The molecule has 2 aromatic rings. The minimum atomic E-state index is 0.0700. The lowest BCUT2D eigenvalue weighted by Gasteiger charge is -2.18. The molecule has 5 heteroatoms. The zero-order chi connectivity index (χ0) is 18.8. The van der Waals surface area contributed by atoms with E-state index in [1.54, 1.807) is 20.3 Å². The Bertz CT molecular complexity index is 895. The van der Waals surface area contributed by atoms with E-state index in [9.17, 15) is 4.79 Å². The summed E-state index contributed by atoms with van der Waals surface area (Å²) in [6.07, 6.45) is 3.76. The Hall–Kier alpha value is -1.98. The van der Waals surface area contributed by atoms with Gasteiger partial charge in [-0.25, -0.2) is 0 Å². The Morgan fingerprint density at radius 2 is 1.96 bits per heavy atom. The predicted molar refractivity (Wildman–Crippen MR) is 108 cm³/mol. The monoisotopic (exact) mass is 371 g/mol. The van der Waals surface area contributed by atoms with E-state index in [0.29, 0.717) is 0 Å². The second-order valence-corrected chi connectivity index (χ2v) is 7.28. The maximum absolute atomic E-state index is 12.6. The number of rotatable bonds is 4. The molecule has 0 saturated carbocycles. The van der Waals surface area contributed by atoms with Crippen LogP contribution in [-0.2, 0) is 6.42 Å². The summed E-state index contributed by atoms with van der Waals surface area (Å²) in [5.74, 6) is 1.50. The minimum absolute atomic E-state index is 0.0700. The summed E-state index contributed by atoms with van der Waals surface area (Å²) >= 11 is 1.48. The van der Waals surface area contributed by atoms with E-state index in [1.807, 2.05) is 19.4 Å². The van der Waals surface area contributed by atoms with Crippen molar-refractivity contribution in [2.24, 2.45) is 0 Å². The van der Waals surface area contributed by atoms with E-state index in [1.165, 1.54) is 17.3 Å². The van der Waals surface area contributed by atoms with Crippen molar-refractivity contribution in [3.05, 3.63) is 51.2 Å². The molecule has 2 aromatic carbocycles. The molecule has 0 heterocycles. The SMILES string of the molecule is CN[C@H]1CCc2cc(OC)c(OC)c(C)c2-c2ccc(SC)c(=O)cc21. The van der Waals surface area contributed by atoms with Crippen LogP contribution >= 0.6 is 11.8 Å². The van der Waals surface area contributed by atoms with Crippen molar-refractivity contribution in [1.82, 2.24) is 5.32 Å². The van der Waals surface area contributed by atoms with Gasteiger partial charge in [0.15, 0.2) is 16.9 Å². The largest absolute Gasteiger partial charge is 0.493 e. The van der Waals surface area contributed by atoms with Crippen molar-refractivity contribution >= 4 is 11.8 Å². The van der Waals surface area contributed by atoms with Gasteiger partial charge < -0.3 is 14.8 Å². The van der Waals surface area contributed by atoms with Crippen LogP contribution in [0.5, 0.6) is 11.5 Å². The van der Waals surface area contributed by atoms with Crippen LogP contribution in [0.15, 0.2) is 34.0 Å². The van der Waals surface area contributed by atoms with Gasteiger partial charge in [-0.3, -0.25) is 4.79 Å². The van der Waals surface area contributed by atoms with Gasteiger partial charge >= 0.3 is 0 Å². The number of fused-ring (bicyclic) bond motifs is 3. The predicted octanol–water partition coefficient (Wildman–Crippen LogP) is 3.97. The Balaban J connectivity index is 2.40. The summed E-state index contributed by atoms with van der Waals surface area (Å²) in [5.41, 5.74) is 5.63. The maximum Gasteiger partial charge on any atom is 0.192 e. The van der Waals surface area contributed by atoms with Crippen molar-refractivity contribution in [3.8, 4) is 22.6 Å². The first kappa shape index (κ1) is 18.8. The highest BCUT2D eigenvalue weighted by Gasteiger charge is 2.26. The van der Waals surface area contributed by atoms with Crippen molar-refractivity contribution in [2.75, 3.05) is 27.5 Å². The fourth-order valence-corrected chi connectivity index (χ4v) is 4.34. The summed E-state index contributed by atoms with van der Waals surface area (Å²) in [7, 11) is 5.28. The number of ether oxygens (including phenoxy) is 2. The lowest BCUT2D eigenvalue weighted by molar-refractivity contribution is 0.352. The van der Waals surface area contributed by atoms with Gasteiger partial charge in [0.2, 0.25) is 0 Å². The van der Waals surface area contributed by atoms with E-state index < -0.39 is 0 Å². The molecule has 0 spiro atoms. The second kappa shape index (κ2) is 7.72. The first-order valence-electron chi connectivity index (χ1n) is 8.70. The van der Waals surface area contributed by atoms with E-state index in [4.69, 9.17) is 9.47 Å². The van der Waals surface area contributed by atoms with Crippen LogP contribution in [0, 0.1) is 6.92 Å². The molecule has 3 rings (SSSR count). The molecule has 138 valence electrons. The third kappa shape index (κ3) is 3.10. The second-order valence-electron chi connectivity index (χ2n) is 6.43. The van der Waals surface area contributed by atoms with Gasteiger partial charge in [-0.1, -0.05) is 6.07 Å². The summed E-state index contributed by atoms with van der Waals surface area (Å²) in [5, 5.41) is 3.38. The number of hydrogen-bond donors (Lipinski definition) is 1. The summed E-state index contributed by atoms with van der Waals surface area (Å²) in [4.78, 5) is 13.4. The van der Waals surface area contributed by atoms with Gasteiger partial charge in [-0.15, -0.1) is 11.8 Å². The van der Waals surface area contributed by atoms with Gasteiger partial charge in [-0.2, -0.15) is 0 Å². The minimum Gasteiger partial charge on any atom is -0.493 e. The van der Waals surface area contributed by atoms with Gasteiger partial charge in [0.05, 0.1) is 19.1 Å². The smallest absolute Gasteiger partial charge is 0.192 e. The molecule has 0 saturated heterocycles. The van der Waals surface area contributed by atoms with E-state index in [-0.39, 0.29) is 11.5 Å².